The van der Waals surface area contributed by atoms with Gasteiger partial charge in [0.15, 0.2) is 0 Å². The number of thioether (sulfide) groups is 1. The van der Waals surface area contributed by atoms with Gasteiger partial charge in [0.2, 0.25) is 23.6 Å². The number of hydrogen-bond acceptors (Lipinski definition) is 8. The molecule has 0 aliphatic rings. The fourth-order valence-corrected chi connectivity index (χ4v) is 3.30. The highest BCUT2D eigenvalue weighted by molar-refractivity contribution is 7.98. The molecule has 0 fully saturated rings. The minimum Gasteiger partial charge on any atom is -0.508 e. The number of rotatable bonds is 15. The summed E-state index contributed by atoms with van der Waals surface area (Å²) in [4.78, 5) is 59.7. The van der Waals surface area contributed by atoms with Crippen LogP contribution in [0.25, 0.3) is 0 Å². The van der Waals surface area contributed by atoms with E-state index in [-0.39, 0.29) is 25.0 Å². The zero-order chi connectivity index (χ0) is 25.7. The van der Waals surface area contributed by atoms with Crippen molar-refractivity contribution in [3.05, 3.63) is 29.8 Å². The number of carboxylic acids is 1. The van der Waals surface area contributed by atoms with Crippen molar-refractivity contribution in [2.24, 2.45) is 11.5 Å². The molecule has 12 nitrogen and oxygen atoms in total. The molecule has 3 atom stereocenters. The molecule has 3 unspecified atom stereocenters. The van der Waals surface area contributed by atoms with Crippen LogP contribution in [0.5, 0.6) is 5.75 Å². The summed E-state index contributed by atoms with van der Waals surface area (Å²) in [6, 6.07) is 2.50. The number of carbonyl (C=O) groups is 5. The monoisotopic (exact) mass is 497 g/mol. The highest BCUT2D eigenvalue weighted by atomic mass is 32.2. The van der Waals surface area contributed by atoms with Crippen LogP contribution in [0.15, 0.2) is 24.3 Å². The van der Waals surface area contributed by atoms with E-state index in [9.17, 15) is 34.2 Å². The minimum absolute atomic E-state index is 0.00621. The molecule has 0 saturated heterocycles. The predicted octanol–water partition coefficient (Wildman–Crippen LogP) is -1.55. The van der Waals surface area contributed by atoms with Crippen LogP contribution >= 0.6 is 11.8 Å². The smallest absolute Gasteiger partial charge is 0.326 e. The van der Waals surface area contributed by atoms with Crippen molar-refractivity contribution in [1.82, 2.24) is 16.0 Å². The van der Waals surface area contributed by atoms with Crippen LogP contribution in [0.2, 0.25) is 0 Å². The number of nitrogens with two attached hydrogens (primary N) is 2. The van der Waals surface area contributed by atoms with Crippen LogP contribution in [0, 0.1) is 0 Å². The summed E-state index contributed by atoms with van der Waals surface area (Å²) in [5, 5.41) is 25.9. The molecule has 13 heteroatoms. The second kappa shape index (κ2) is 14.8. The van der Waals surface area contributed by atoms with Crippen molar-refractivity contribution in [3.8, 4) is 5.75 Å². The lowest BCUT2D eigenvalue weighted by Crippen LogP contribution is -2.54. The largest absolute Gasteiger partial charge is 0.508 e. The first-order valence-corrected chi connectivity index (χ1v) is 11.8. The number of aliphatic carboxylic acids is 1. The maximum absolute atomic E-state index is 12.8. The maximum atomic E-state index is 12.8. The molecule has 0 aliphatic carbocycles. The van der Waals surface area contributed by atoms with Gasteiger partial charge in [-0.25, -0.2) is 4.79 Å². The number of hydrogen-bond donors (Lipinski definition) is 7. The Bertz CT molecular complexity index is 866. The van der Waals surface area contributed by atoms with Crippen LogP contribution in [0.1, 0.15) is 24.8 Å². The molecule has 1 rings (SSSR count). The van der Waals surface area contributed by atoms with Gasteiger partial charge >= 0.3 is 5.97 Å². The highest BCUT2D eigenvalue weighted by Gasteiger charge is 2.27. The maximum Gasteiger partial charge on any atom is 0.326 e. The van der Waals surface area contributed by atoms with Gasteiger partial charge in [0.25, 0.3) is 0 Å². The Morgan fingerprint density at radius 3 is 2.21 bits per heavy atom. The Morgan fingerprint density at radius 2 is 1.65 bits per heavy atom. The number of phenolic OH excluding ortho intramolecular Hbond substituents is 1. The van der Waals surface area contributed by atoms with E-state index in [0.717, 1.165) is 0 Å². The van der Waals surface area contributed by atoms with Crippen LogP contribution < -0.4 is 27.4 Å². The van der Waals surface area contributed by atoms with E-state index in [1.54, 1.807) is 0 Å². The van der Waals surface area contributed by atoms with Gasteiger partial charge in [-0.3, -0.25) is 19.2 Å². The Labute approximate surface area is 201 Å². The third kappa shape index (κ3) is 11.0. The summed E-state index contributed by atoms with van der Waals surface area (Å²) in [5.74, 6) is -3.41. The molecule has 9 N–H and O–H groups in total. The number of phenols is 1. The molecule has 0 bridgehead atoms. The van der Waals surface area contributed by atoms with Gasteiger partial charge in [0.1, 0.15) is 17.8 Å². The molecule has 0 saturated carbocycles. The molecule has 188 valence electrons. The number of nitrogens with one attached hydrogen (secondary N) is 3. The average Bonchev–Trinajstić information content (AvgIpc) is 2.78. The van der Waals surface area contributed by atoms with E-state index in [1.807, 2.05) is 6.26 Å². The first-order valence-electron chi connectivity index (χ1n) is 10.4. The third-order valence-corrected chi connectivity index (χ3v) is 5.36. The Hall–Kier alpha value is -3.32. The van der Waals surface area contributed by atoms with Crippen molar-refractivity contribution in [2.75, 3.05) is 18.6 Å². The number of benzene rings is 1. The quantitative estimate of drug-likeness (QED) is 0.149. The van der Waals surface area contributed by atoms with Gasteiger partial charge in [0, 0.05) is 12.8 Å². The number of carbonyl (C=O) groups excluding carboxylic acids is 4. The van der Waals surface area contributed by atoms with Gasteiger partial charge in [0.05, 0.1) is 12.6 Å². The van der Waals surface area contributed by atoms with E-state index in [1.165, 1.54) is 36.0 Å². The van der Waals surface area contributed by atoms with E-state index in [0.29, 0.717) is 17.7 Å². The van der Waals surface area contributed by atoms with Crippen molar-refractivity contribution in [2.45, 2.75) is 43.8 Å². The summed E-state index contributed by atoms with van der Waals surface area (Å²) < 4.78 is 0. The molecule has 0 heterocycles. The molecular formula is C21H31N5O7S. The van der Waals surface area contributed by atoms with Crippen LogP contribution in [0.3, 0.4) is 0 Å². The number of primary amides is 1. The lowest BCUT2D eigenvalue weighted by atomic mass is 10.0. The summed E-state index contributed by atoms with van der Waals surface area (Å²) in [5.41, 5.74) is 11.4. The number of aromatic hydroxyl groups is 1. The summed E-state index contributed by atoms with van der Waals surface area (Å²) in [6.45, 7) is -0.435. The second-order valence-corrected chi connectivity index (χ2v) is 8.49. The molecule has 34 heavy (non-hydrogen) atoms. The average molecular weight is 498 g/mol. The van der Waals surface area contributed by atoms with Crippen molar-refractivity contribution in [3.63, 3.8) is 0 Å². The minimum atomic E-state index is -1.40. The van der Waals surface area contributed by atoms with Crippen molar-refractivity contribution >= 4 is 41.4 Å². The normalized spacial score (nSPS) is 13.2. The number of amides is 4. The SMILES string of the molecule is CSCCC(N)C(=O)NCC(=O)NC(Cc1ccc(O)cc1)C(=O)NC(CCC(N)=O)C(=O)O. The van der Waals surface area contributed by atoms with Gasteiger partial charge in [-0.15, -0.1) is 0 Å². The summed E-state index contributed by atoms with van der Waals surface area (Å²) in [6.07, 6.45) is 1.80. The lowest BCUT2D eigenvalue weighted by Gasteiger charge is -2.22. The lowest BCUT2D eigenvalue weighted by molar-refractivity contribution is -0.142. The van der Waals surface area contributed by atoms with Crippen molar-refractivity contribution < 1.29 is 34.2 Å². The number of carboxylic acid groups (broad SMARTS) is 1. The van der Waals surface area contributed by atoms with E-state index in [4.69, 9.17) is 11.5 Å². The van der Waals surface area contributed by atoms with Gasteiger partial charge < -0.3 is 37.6 Å². The van der Waals surface area contributed by atoms with E-state index < -0.39 is 54.3 Å². The van der Waals surface area contributed by atoms with Gasteiger partial charge in [-0.2, -0.15) is 11.8 Å². The van der Waals surface area contributed by atoms with Crippen LogP contribution in [0.4, 0.5) is 0 Å². The van der Waals surface area contributed by atoms with Gasteiger partial charge in [-0.1, -0.05) is 12.1 Å². The van der Waals surface area contributed by atoms with Gasteiger partial charge in [-0.05, 0) is 42.5 Å². The Morgan fingerprint density at radius 1 is 1.00 bits per heavy atom. The molecular weight excluding hydrogens is 466 g/mol. The molecule has 1 aromatic rings. The molecule has 1 aromatic carbocycles. The van der Waals surface area contributed by atoms with E-state index >= 15 is 0 Å². The Kier molecular flexibility index (Phi) is 12.5. The fraction of sp³-hybridized carbons (Fsp3) is 0.476. The topological polar surface area (TPSA) is 214 Å². The van der Waals surface area contributed by atoms with Crippen LogP contribution in [-0.4, -0.2) is 76.5 Å². The zero-order valence-electron chi connectivity index (χ0n) is 18.8. The fourth-order valence-electron chi connectivity index (χ4n) is 2.81. The molecule has 0 spiro atoms. The van der Waals surface area contributed by atoms with Crippen molar-refractivity contribution in [1.29, 1.82) is 0 Å². The standard InChI is InChI=1S/C21H31N5O7S/c1-34-9-8-14(22)19(30)24-11-18(29)25-16(10-12-2-4-13(27)5-3-12)20(31)26-15(21(32)33)6-7-17(23)28/h2-5,14-16,27H,6-11,22H2,1H3,(H2,23,28)(H,24,30)(H,25,29)(H,26,31)(H,32,33). The molecule has 4 amide bonds. The first-order chi connectivity index (χ1) is 16.0. The zero-order valence-corrected chi connectivity index (χ0v) is 19.6. The summed E-state index contributed by atoms with van der Waals surface area (Å²) >= 11 is 1.53. The second-order valence-electron chi connectivity index (χ2n) is 7.50. The first kappa shape index (κ1) is 28.7. The summed E-state index contributed by atoms with van der Waals surface area (Å²) in [7, 11) is 0. The highest BCUT2D eigenvalue weighted by Crippen LogP contribution is 2.12. The predicted molar refractivity (Wildman–Crippen MR) is 126 cm³/mol. The Balaban J connectivity index is 2.86. The molecule has 0 aliphatic heterocycles. The van der Waals surface area contributed by atoms with Crippen LogP contribution in [-0.2, 0) is 30.4 Å². The van der Waals surface area contributed by atoms with E-state index in [2.05, 4.69) is 16.0 Å². The molecule has 0 aromatic heterocycles. The molecule has 0 radical (unpaired) electrons. The third-order valence-electron chi connectivity index (χ3n) is 4.71.